The van der Waals surface area contributed by atoms with Gasteiger partial charge in [-0.25, -0.2) is 10.3 Å². The van der Waals surface area contributed by atoms with Crippen LogP contribution in [-0.2, 0) is 5.54 Å². The van der Waals surface area contributed by atoms with E-state index in [4.69, 9.17) is 33.5 Å². The van der Waals surface area contributed by atoms with Crippen molar-refractivity contribution < 1.29 is 0 Å². The molecule has 1 radical (unpaired) electrons. The van der Waals surface area contributed by atoms with Crippen molar-refractivity contribution in [3.8, 4) is 10.6 Å². The van der Waals surface area contributed by atoms with Crippen molar-refractivity contribution in [2.45, 2.75) is 24.8 Å². The molecule has 1 aliphatic heterocycles. The molecule has 3 nitrogen and oxygen atoms in total. The zero-order chi connectivity index (χ0) is 17.3. The van der Waals surface area contributed by atoms with E-state index in [1.165, 1.54) is 0 Å². The minimum atomic E-state index is -0.459. The van der Waals surface area contributed by atoms with Crippen LogP contribution < -0.4 is 5.32 Å². The minimum absolute atomic E-state index is 0.459. The molecule has 0 N–H and O–H groups in total. The Morgan fingerprint density at radius 3 is 2.68 bits per heavy atom. The third-order valence-electron chi connectivity index (χ3n) is 4.53. The van der Waals surface area contributed by atoms with Crippen molar-refractivity contribution in [1.82, 2.24) is 15.3 Å². The SMILES string of the molecule is Clc1cccc(-c2nc(C3(c4ccccn4)CCCC[N]3)cs2)c1Cl. The summed E-state index contributed by atoms with van der Waals surface area (Å²) in [6.45, 7) is 0.835. The van der Waals surface area contributed by atoms with Gasteiger partial charge < -0.3 is 0 Å². The van der Waals surface area contributed by atoms with Gasteiger partial charge in [0.15, 0.2) is 0 Å². The van der Waals surface area contributed by atoms with Crippen LogP contribution in [0.1, 0.15) is 30.7 Å². The lowest BCUT2D eigenvalue weighted by Gasteiger charge is -2.35. The second kappa shape index (κ2) is 7.04. The normalized spacial score (nSPS) is 20.6. The Morgan fingerprint density at radius 1 is 1.00 bits per heavy atom. The van der Waals surface area contributed by atoms with E-state index in [0.29, 0.717) is 10.0 Å². The molecule has 1 unspecified atom stereocenters. The Bertz CT molecular complexity index is 873. The summed E-state index contributed by atoms with van der Waals surface area (Å²) in [4.78, 5) is 9.48. The maximum Gasteiger partial charge on any atom is 0.125 e. The van der Waals surface area contributed by atoms with Crippen molar-refractivity contribution in [3.63, 3.8) is 0 Å². The van der Waals surface area contributed by atoms with Gasteiger partial charge in [0.2, 0.25) is 0 Å². The molecule has 0 saturated carbocycles. The number of thiazole rings is 1. The van der Waals surface area contributed by atoms with Gasteiger partial charge in [0.05, 0.1) is 21.4 Å². The van der Waals surface area contributed by atoms with Crippen molar-refractivity contribution >= 4 is 34.5 Å². The largest absolute Gasteiger partial charge is 0.259 e. The molecule has 3 heterocycles. The summed E-state index contributed by atoms with van der Waals surface area (Å²) in [5.74, 6) is 0. The molecule has 2 aromatic heterocycles. The zero-order valence-electron chi connectivity index (χ0n) is 13.5. The number of hydrogen-bond donors (Lipinski definition) is 0. The highest BCUT2D eigenvalue weighted by Crippen LogP contribution is 2.41. The van der Waals surface area contributed by atoms with Gasteiger partial charge >= 0.3 is 0 Å². The molecular formula is C19H16Cl2N3S. The van der Waals surface area contributed by atoms with Crippen LogP contribution in [0.2, 0.25) is 10.0 Å². The predicted molar refractivity (Wildman–Crippen MR) is 103 cm³/mol. The van der Waals surface area contributed by atoms with Crippen LogP contribution >= 0.6 is 34.5 Å². The first-order valence-electron chi connectivity index (χ1n) is 8.21. The van der Waals surface area contributed by atoms with Crippen LogP contribution in [0.25, 0.3) is 10.6 Å². The van der Waals surface area contributed by atoms with Crippen LogP contribution in [0.5, 0.6) is 0 Å². The highest BCUT2D eigenvalue weighted by atomic mass is 35.5. The van der Waals surface area contributed by atoms with E-state index >= 15 is 0 Å². The molecule has 0 aliphatic carbocycles. The van der Waals surface area contributed by atoms with Gasteiger partial charge in [-0.3, -0.25) is 4.98 Å². The molecule has 1 fully saturated rings. The summed E-state index contributed by atoms with van der Waals surface area (Å²) >= 11 is 14.1. The monoisotopic (exact) mass is 388 g/mol. The Kier molecular flexibility index (Phi) is 4.78. The van der Waals surface area contributed by atoms with Crippen LogP contribution in [0.15, 0.2) is 48.0 Å². The van der Waals surface area contributed by atoms with E-state index in [1.54, 1.807) is 17.4 Å². The quantitative estimate of drug-likeness (QED) is 0.590. The summed E-state index contributed by atoms with van der Waals surface area (Å²) in [7, 11) is 0. The van der Waals surface area contributed by atoms with Gasteiger partial charge in [-0.05, 0) is 37.5 Å². The predicted octanol–water partition coefficient (Wildman–Crippen LogP) is 5.54. The average Bonchev–Trinajstić information content (AvgIpc) is 3.16. The van der Waals surface area contributed by atoms with Crippen LogP contribution in [0, 0.1) is 0 Å². The van der Waals surface area contributed by atoms with Gasteiger partial charge in [-0.1, -0.05) is 41.4 Å². The van der Waals surface area contributed by atoms with Gasteiger partial charge in [-0.15, -0.1) is 11.3 Å². The molecule has 127 valence electrons. The van der Waals surface area contributed by atoms with E-state index in [2.05, 4.69) is 10.4 Å². The Labute approximate surface area is 161 Å². The summed E-state index contributed by atoms with van der Waals surface area (Å²) in [5, 5.41) is 8.99. The topological polar surface area (TPSA) is 39.9 Å². The number of pyridine rings is 1. The summed E-state index contributed by atoms with van der Waals surface area (Å²) in [6, 6.07) is 11.6. The number of rotatable bonds is 3. The molecule has 0 spiro atoms. The summed E-state index contributed by atoms with van der Waals surface area (Å²) < 4.78 is 0. The minimum Gasteiger partial charge on any atom is -0.259 e. The van der Waals surface area contributed by atoms with Crippen LogP contribution in [-0.4, -0.2) is 16.5 Å². The zero-order valence-corrected chi connectivity index (χ0v) is 15.8. The van der Waals surface area contributed by atoms with Crippen molar-refractivity contribution in [1.29, 1.82) is 0 Å². The van der Waals surface area contributed by atoms with Gasteiger partial charge in [-0.2, -0.15) is 0 Å². The smallest absolute Gasteiger partial charge is 0.125 e. The van der Waals surface area contributed by atoms with Crippen molar-refractivity contribution in [3.05, 3.63) is 69.4 Å². The molecule has 1 aliphatic rings. The van der Waals surface area contributed by atoms with Crippen molar-refractivity contribution in [2.75, 3.05) is 6.54 Å². The first-order chi connectivity index (χ1) is 12.2. The van der Waals surface area contributed by atoms with Crippen molar-refractivity contribution in [2.24, 2.45) is 0 Å². The van der Waals surface area contributed by atoms with Gasteiger partial charge in [0.1, 0.15) is 10.5 Å². The number of piperidine rings is 1. The van der Waals surface area contributed by atoms with Crippen LogP contribution in [0.4, 0.5) is 0 Å². The molecular weight excluding hydrogens is 373 g/mol. The van der Waals surface area contributed by atoms with Crippen LogP contribution in [0.3, 0.4) is 0 Å². The standard InChI is InChI=1S/C19H16Cl2N3S/c20-14-7-5-6-13(17(14)21)18-24-16(12-25-18)19(9-2-4-11-23-19)15-8-1-3-10-22-15/h1,3,5-8,10,12H,2,4,9,11H2. The highest BCUT2D eigenvalue weighted by molar-refractivity contribution is 7.13. The van der Waals surface area contributed by atoms with E-state index < -0.39 is 5.54 Å². The van der Waals surface area contributed by atoms with E-state index in [0.717, 1.165) is 47.8 Å². The lowest BCUT2D eigenvalue weighted by molar-refractivity contribution is 0.289. The molecule has 1 saturated heterocycles. The van der Waals surface area contributed by atoms with E-state index in [1.807, 2.05) is 36.5 Å². The third-order valence-corrected chi connectivity index (χ3v) is 6.22. The molecule has 1 atom stereocenters. The fraction of sp³-hybridized carbons (Fsp3) is 0.263. The first kappa shape index (κ1) is 17.0. The lowest BCUT2D eigenvalue weighted by Crippen LogP contribution is -2.42. The molecule has 0 amide bonds. The summed E-state index contributed by atoms with van der Waals surface area (Å²) in [6.07, 6.45) is 4.98. The second-order valence-electron chi connectivity index (χ2n) is 6.05. The number of nitrogens with zero attached hydrogens (tertiary/aromatic N) is 3. The fourth-order valence-corrected chi connectivity index (χ4v) is 4.62. The molecule has 3 aromatic rings. The molecule has 25 heavy (non-hydrogen) atoms. The number of aromatic nitrogens is 2. The maximum absolute atomic E-state index is 6.37. The molecule has 4 rings (SSSR count). The van der Waals surface area contributed by atoms with E-state index in [9.17, 15) is 0 Å². The molecule has 0 bridgehead atoms. The first-order valence-corrected chi connectivity index (χ1v) is 9.85. The Morgan fingerprint density at radius 2 is 1.92 bits per heavy atom. The summed E-state index contributed by atoms with van der Waals surface area (Å²) in [5.41, 5.74) is 2.31. The second-order valence-corrected chi connectivity index (χ2v) is 7.70. The number of hydrogen-bond acceptors (Lipinski definition) is 3. The number of benzene rings is 1. The Hall–Kier alpha value is -1.46. The molecule has 1 aromatic carbocycles. The average molecular weight is 389 g/mol. The lowest BCUT2D eigenvalue weighted by atomic mass is 9.83. The highest BCUT2D eigenvalue weighted by Gasteiger charge is 2.40. The maximum atomic E-state index is 6.37. The number of halogens is 2. The van der Waals surface area contributed by atoms with Gasteiger partial charge in [0.25, 0.3) is 0 Å². The fourth-order valence-electron chi connectivity index (χ4n) is 3.25. The van der Waals surface area contributed by atoms with Gasteiger partial charge in [0, 0.05) is 23.7 Å². The van der Waals surface area contributed by atoms with E-state index in [-0.39, 0.29) is 0 Å². The molecule has 6 heteroatoms. The third kappa shape index (κ3) is 3.08. The Balaban J connectivity index is 1.80.